The van der Waals surface area contributed by atoms with Crippen LogP contribution in [0.3, 0.4) is 0 Å². The molecule has 3 nitrogen and oxygen atoms in total. The number of aliphatic hydroxyl groups excluding tert-OH is 1. The van der Waals surface area contributed by atoms with Crippen LogP contribution in [0.1, 0.15) is 20.8 Å². The molecule has 3 heteroatoms. The van der Waals surface area contributed by atoms with Gasteiger partial charge in [-0.05, 0) is 0 Å². The van der Waals surface area contributed by atoms with Gasteiger partial charge in [0.05, 0.1) is 6.10 Å². The summed E-state index contributed by atoms with van der Waals surface area (Å²) >= 11 is 0. The third-order valence-electron chi connectivity index (χ3n) is 2.38. The highest BCUT2D eigenvalue weighted by Crippen LogP contribution is 2.17. The molecule has 0 radical (unpaired) electrons. The average Bonchev–Trinajstić information content (AvgIpc) is 2.30. The first-order valence-corrected chi connectivity index (χ1v) is 4.49. The van der Waals surface area contributed by atoms with Gasteiger partial charge in [0.25, 0.3) is 0 Å². The molecule has 0 spiro atoms. The molecule has 0 aromatic heterocycles. The van der Waals surface area contributed by atoms with E-state index < -0.39 is 0 Å². The Balaban J connectivity index is 2.52. The molecular formula is C9H17NO2. The minimum absolute atomic E-state index is 0.0440. The van der Waals surface area contributed by atoms with Crippen LogP contribution in [0.15, 0.2) is 0 Å². The Morgan fingerprint density at radius 3 is 2.42 bits per heavy atom. The lowest BCUT2D eigenvalue weighted by Gasteiger charge is -2.17. The summed E-state index contributed by atoms with van der Waals surface area (Å²) in [5.74, 6) is 0.425. The molecule has 2 atom stereocenters. The summed E-state index contributed by atoms with van der Waals surface area (Å²) in [7, 11) is 0. The van der Waals surface area contributed by atoms with Gasteiger partial charge in [0, 0.05) is 24.9 Å². The molecule has 1 saturated heterocycles. The Kier molecular flexibility index (Phi) is 2.73. The number of nitrogens with zero attached hydrogens (tertiary/aromatic N) is 1. The molecule has 0 aromatic carbocycles. The molecule has 1 fully saturated rings. The Hall–Kier alpha value is -0.570. The number of likely N-dealkylation sites (tertiary alicyclic amines) is 1. The van der Waals surface area contributed by atoms with E-state index in [0.717, 1.165) is 0 Å². The third-order valence-corrected chi connectivity index (χ3v) is 2.38. The van der Waals surface area contributed by atoms with E-state index >= 15 is 0 Å². The number of β-amino-alcohol motifs (C(OH)–C–C–N with tert-alkyl or cyclic N) is 1. The lowest BCUT2D eigenvalue weighted by atomic mass is 10.1. The van der Waals surface area contributed by atoms with Crippen LogP contribution in [-0.2, 0) is 4.79 Å². The SMILES string of the molecule is CC(C)C(=O)N1CC(C)C(O)C1. The van der Waals surface area contributed by atoms with Crippen LogP contribution >= 0.6 is 0 Å². The number of rotatable bonds is 1. The topological polar surface area (TPSA) is 40.5 Å². The van der Waals surface area contributed by atoms with Crippen molar-refractivity contribution in [2.75, 3.05) is 13.1 Å². The van der Waals surface area contributed by atoms with Gasteiger partial charge in [-0.3, -0.25) is 4.79 Å². The van der Waals surface area contributed by atoms with E-state index in [9.17, 15) is 9.90 Å². The minimum atomic E-state index is -0.326. The highest BCUT2D eigenvalue weighted by molar-refractivity contribution is 5.78. The van der Waals surface area contributed by atoms with Crippen molar-refractivity contribution in [3.63, 3.8) is 0 Å². The maximum Gasteiger partial charge on any atom is 0.225 e. The number of carbonyl (C=O) groups is 1. The van der Waals surface area contributed by atoms with Gasteiger partial charge in [-0.1, -0.05) is 20.8 Å². The molecule has 0 bridgehead atoms. The van der Waals surface area contributed by atoms with Gasteiger partial charge in [-0.2, -0.15) is 0 Å². The maximum atomic E-state index is 11.5. The second kappa shape index (κ2) is 3.44. The molecular weight excluding hydrogens is 154 g/mol. The average molecular weight is 171 g/mol. The van der Waals surface area contributed by atoms with Crippen LogP contribution in [0.4, 0.5) is 0 Å². The largest absolute Gasteiger partial charge is 0.391 e. The van der Waals surface area contributed by atoms with Crippen LogP contribution in [0.2, 0.25) is 0 Å². The van der Waals surface area contributed by atoms with E-state index in [1.54, 1.807) is 4.90 Å². The third kappa shape index (κ3) is 1.78. The predicted molar refractivity (Wildman–Crippen MR) is 46.6 cm³/mol. The van der Waals surface area contributed by atoms with Crippen LogP contribution in [0.25, 0.3) is 0 Å². The predicted octanol–water partition coefficient (Wildman–Crippen LogP) is 0.482. The summed E-state index contributed by atoms with van der Waals surface area (Å²) in [5, 5.41) is 9.40. The van der Waals surface area contributed by atoms with E-state index in [2.05, 4.69) is 0 Å². The van der Waals surface area contributed by atoms with Gasteiger partial charge in [0.1, 0.15) is 0 Å². The minimum Gasteiger partial charge on any atom is -0.391 e. The van der Waals surface area contributed by atoms with Crippen molar-refractivity contribution in [3.8, 4) is 0 Å². The van der Waals surface area contributed by atoms with Gasteiger partial charge in [0.15, 0.2) is 0 Å². The lowest BCUT2D eigenvalue weighted by molar-refractivity contribution is -0.133. The summed E-state index contributed by atoms with van der Waals surface area (Å²) in [5.41, 5.74) is 0. The molecule has 1 N–H and O–H groups in total. The van der Waals surface area contributed by atoms with Crippen LogP contribution < -0.4 is 0 Å². The summed E-state index contributed by atoms with van der Waals surface area (Å²) in [6.07, 6.45) is -0.326. The van der Waals surface area contributed by atoms with Crippen LogP contribution in [0, 0.1) is 11.8 Å². The summed E-state index contributed by atoms with van der Waals surface area (Å²) in [4.78, 5) is 13.2. The molecule has 0 aliphatic carbocycles. The first-order valence-electron chi connectivity index (χ1n) is 4.49. The molecule has 1 amide bonds. The van der Waals surface area contributed by atoms with Crippen LogP contribution in [0.5, 0.6) is 0 Å². The monoisotopic (exact) mass is 171 g/mol. The molecule has 2 unspecified atom stereocenters. The van der Waals surface area contributed by atoms with Gasteiger partial charge in [-0.15, -0.1) is 0 Å². The highest BCUT2D eigenvalue weighted by Gasteiger charge is 2.31. The molecule has 1 aliphatic heterocycles. The Morgan fingerprint density at radius 2 is 2.08 bits per heavy atom. The molecule has 12 heavy (non-hydrogen) atoms. The van der Waals surface area contributed by atoms with E-state index in [-0.39, 0.29) is 23.8 Å². The van der Waals surface area contributed by atoms with Gasteiger partial charge in [-0.25, -0.2) is 0 Å². The fourth-order valence-electron chi connectivity index (χ4n) is 1.49. The number of carbonyl (C=O) groups excluding carboxylic acids is 1. The van der Waals surface area contributed by atoms with Crippen molar-refractivity contribution < 1.29 is 9.90 Å². The van der Waals surface area contributed by atoms with Crippen molar-refractivity contribution >= 4 is 5.91 Å². The second-order valence-corrected chi connectivity index (χ2v) is 3.94. The maximum absolute atomic E-state index is 11.5. The molecule has 0 saturated carbocycles. The van der Waals surface area contributed by atoms with Crippen LogP contribution in [-0.4, -0.2) is 35.1 Å². The molecule has 1 heterocycles. The molecule has 1 aliphatic rings. The van der Waals surface area contributed by atoms with Gasteiger partial charge < -0.3 is 10.0 Å². The van der Waals surface area contributed by atoms with Crippen molar-refractivity contribution in [2.24, 2.45) is 11.8 Å². The number of aliphatic hydroxyl groups is 1. The molecule has 0 aromatic rings. The fourth-order valence-corrected chi connectivity index (χ4v) is 1.49. The smallest absolute Gasteiger partial charge is 0.225 e. The Labute approximate surface area is 73.4 Å². The summed E-state index contributed by atoms with van der Waals surface area (Å²) in [6.45, 7) is 6.96. The zero-order chi connectivity index (χ0) is 9.30. The van der Waals surface area contributed by atoms with Crippen molar-refractivity contribution in [1.29, 1.82) is 0 Å². The molecule has 70 valence electrons. The first kappa shape index (κ1) is 9.52. The van der Waals surface area contributed by atoms with E-state index in [0.29, 0.717) is 13.1 Å². The molecule has 1 rings (SSSR count). The number of hydrogen-bond donors (Lipinski definition) is 1. The normalized spacial score (nSPS) is 29.9. The number of hydrogen-bond acceptors (Lipinski definition) is 2. The lowest BCUT2D eigenvalue weighted by Crippen LogP contribution is -2.32. The zero-order valence-electron chi connectivity index (χ0n) is 7.95. The van der Waals surface area contributed by atoms with E-state index in [1.165, 1.54) is 0 Å². The quantitative estimate of drug-likeness (QED) is 0.623. The van der Waals surface area contributed by atoms with Gasteiger partial charge >= 0.3 is 0 Å². The highest BCUT2D eigenvalue weighted by atomic mass is 16.3. The second-order valence-electron chi connectivity index (χ2n) is 3.94. The number of amides is 1. The fraction of sp³-hybridized carbons (Fsp3) is 0.889. The van der Waals surface area contributed by atoms with E-state index in [4.69, 9.17) is 0 Å². The Morgan fingerprint density at radius 1 is 1.50 bits per heavy atom. The van der Waals surface area contributed by atoms with Gasteiger partial charge in [0.2, 0.25) is 5.91 Å². The summed E-state index contributed by atoms with van der Waals surface area (Å²) in [6, 6.07) is 0. The van der Waals surface area contributed by atoms with E-state index in [1.807, 2.05) is 20.8 Å². The Bertz CT molecular complexity index is 169. The standard InChI is InChI=1S/C9H17NO2/c1-6(2)9(12)10-4-7(3)8(11)5-10/h6-8,11H,4-5H2,1-3H3. The summed E-state index contributed by atoms with van der Waals surface area (Å²) < 4.78 is 0. The van der Waals surface area contributed by atoms with Crippen molar-refractivity contribution in [2.45, 2.75) is 26.9 Å². The van der Waals surface area contributed by atoms with Crippen molar-refractivity contribution in [3.05, 3.63) is 0 Å². The zero-order valence-corrected chi connectivity index (χ0v) is 7.95. The van der Waals surface area contributed by atoms with Crippen molar-refractivity contribution in [1.82, 2.24) is 4.90 Å². The first-order chi connectivity index (χ1) is 5.52.